The Morgan fingerprint density at radius 3 is 2.55 bits per heavy atom. The van der Waals surface area contributed by atoms with Crippen LogP contribution in [0.1, 0.15) is 16.7 Å². The third-order valence-electron chi connectivity index (χ3n) is 4.91. The number of para-hydroxylation sites is 1. The van der Waals surface area contributed by atoms with Crippen molar-refractivity contribution in [1.82, 2.24) is 5.32 Å². The summed E-state index contributed by atoms with van der Waals surface area (Å²) < 4.78 is 19.5. The minimum atomic E-state index is -0.967. The maximum atomic E-state index is 13.6. The zero-order valence-electron chi connectivity index (χ0n) is 17.1. The average Bonchev–Trinajstić information content (AvgIpc) is 2.81. The molecule has 3 aromatic carbocycles. The van der Waals surface area contributed by atoms with Gasteiger partial charge in [0.2, 0.25) is 0 Å². The SMILES string of the molecule is N#Cc1ccccc1COc1ccccc1/C=C1\C(=O)NC(=O)N(c2cccc(F)c2)C1=O. The number of nitriles is 1. The summed E-state index contributed by atoms with van der Waals surface area (Å²) in [4.78, 5) is 38.4. The first kappa shape index (κ1) is 21.5. The van der Waals surface area contributed by atoms with Crippen LogP contribution in [0.15, 0.2) is 78.4 Å². The standard InChI is InChI=1S/C25H16FN3O4/c26-19-9-5-10-20(13-19)29-24(31)21(23(30)28-25(29)32)12-16-6-3-4-11-22(16)33-15-18-8-2-1-7-17(18)14-27/h1-13H,15H2,(H,28,30,32)/b21-12+. The van der Waals surface area contributed by atoms with E-state index < -0.39 is 23.7 Å². The van der Waals surface area contributed by atoms with Gasteiger partial charge in [0.05, 0.1) is 17.3 Å². The Morgan fingerprint density at radius 2 is 1.76 bits per heavy atom. The van der Waals surface area contributed by atoms with Crippen LogP contribution in [0.25, 0.3) is 6.08 Å². The molecular weight excluding hydrogens is 425 g/mol. The topological polar surface area (TPSA) is 99.5 Å². The molecule has 1 N–H and O–H groups in total. The molecule has 0 spiro atoms. The molecule has 0 unspecified atom stereocenters. The van der Waals surface area contributed by atoms with Crippen molar-refractivity contribution in [2.75, 3.05) is 4.90 Å². The van der Waals surface area contributed by atoms with Crippen LogP contribution in [0, 0.1) is 17.1 Å². The number of urea groups is 1. The third-order valence-corrected chi connectivity index (χ3v) is 4.91. The van der Waals surface area contributed by atoms with Gasteiger partial charge in [0.15, 0.2) is 0 Å². The number of barbiturate groups is 1. The van der Waals surface area contributed by atoms with Gasteiger partial charge in [0.25, 0.3) is 11.8 Å². The highest BCUT2D eigenvalue weighted by Gasteiger charge is 2.37. The number of nitrogens with one attached hydrogen (secondary N) is 1. The fourth-order valence-corrected chi connectivity index (χ4v) is 3.30. The molecule has 0 aliphatic carbocycles. The predicted octanol–water partition coefficient (Wildman–Crippen LogP) is 3.94. The van der Waals surface area contributed by atoms with Crippen molar-refractivity contribution in [3.63, 3.8) is 0 Å². The number of anilines is 1. The lowest BCUT2D eigenvalue weighted by Gasteiger charge is -2.26. The monoisotopic (exact) mass is 441 g/mol. The molecule has 33 heavy (non-hydrogen) atoms. The van der Waals surface area contributed by atoms with E-state index in [9.17, 15) is 24.0 Å². The number of nitrogens with zero attached hydrogens (tertiary/aromatic N) is 2. The second-order valence-corrected chi connectivity index (χ2v) is 7.03. The van der Waals surface area contributed by atoms with E-state index in [1.807, 2.05) is 0 Å². The van der Waals surface area contributed by atoms with Crippen LogP contribution in [0.4, 0.5) is 14.9 Å². The summed E-state index contributed by atoms with van der Waals surface area (Å²) in [6.45, 7) is 0.0952. The molecule has 0 radical (unpaired) electrons. The summed E-state index contributed by atoms with van der Waals surface area (Å²) in [7, 11) is 0. The lowest BCUT2D eigenvalue weighted by atomic mass is 10.1. The molecule has 4 amide bonds. The zero-order chi connectivity index (χ0) is 23.4. The van der Waals surface area contributed by atoms with E-state index in [1.165, 1.54) is 24.3 Å². The molecule has 0 atom stereocenters. The molecule has 3 aromatic rings. The van der Waals surface area contributed by atoms with Gasteiger partial charge in [-0.05, 0) is 36.4 Å². The van der Waals surface area contributed by atoms with Crippen LogP contribution in [0.5, 0.6) is 5.75 Å². The van der Waals surface area contributed by atoms with E-state index in [-0.39, 0.29) is 17.9 Å². The smallest absolute Gasteiger partial charge is 0.335 e. The van der Waals surface area contributed by atoms with Crippen molar-refractivity contribution < 1.29 is 23.5 Å². The maximum absolute atomic E-state index is 13.6. The second-order valence-electron chi connectivity index (χ2n) is 7.03. The molecular formula is C25H16FN3O4. The van der Waals surface area contributed by atoms with E-state index in [1.54, 1.807) is 48.5 Å². The van der Waals surface area contributed by atoms with Crippen LogP contribution in [0.2, 0.25) is 0 Å². The predicted molar refractivity (Wildman–Crippen MR) is 117 cm³/mol. The number of halogens is 1. The molecule has 1 saturated heterocycles. The molecule has 7 nitrogen and oxygen atoms in total. The Morgan fingerprint density at radius 1 is 1.00 bits per heavy atom. The van der Waals surface area contributed by atoms with Gasteiger partial charge in [0, 0.05) is 11.1 Å². The van der Waals surface area contributed by atoms with Crippen LogP contribution in [-0.2, 0) is 16.2 Å². The average molecular weight is 441 g/mol. The van der Waals surface area contributed by atoms with Gasteiger partial charge in [-0.25, -0.2) is 14.1 Å². The fourth-order valence-electron chi connectivity index (χ4n) is 3.30. The molecule has 0 aromatic heterocycles. The fraction of sp³-hybridized carbons (Fsp3) is 0.0400. The first-order valence-electron chi connectivity index (χ1n) is 9.85. The first-order chi connectivity index (χ1) is 16.0. The number of ether oxygens (including phenoxy) is 1. The summed E-state index contributed by atoms with van der Waals surface area (Å²) in [5, 5.41) is 11.3. The minimum Gasteiger partial charge on any atom is -0.488 e. The Hall–Kier alpha value is -4.77. The Labute approximate surface area is 188 Å². The van der Waals surface area contributed by atoms with Gasteiger partial charge >= 0.3 is 6.03 Å². The Balaban J connectivity index is 1.65. The number of imide groups is 2. The Bertz CT molecular complexity index is 1340. The molecule has 0 bridgehead atoms. The van der Waals surface area contributed by atoms with E-state index in [0.29, 0.717) is 27.3 Å². The van der Waals surface area contributed by atoms with E-state index >= 15 is 0 Å². The van der Waals surface area contributed by atoms with E-state index in [0.717, 1.165) is 6.07 Å². The van der Waals surface area contributed by atoms with Crippen molar-refractivity contribution in [1.29, 1.82) is 5.26 Å². The van der Waals surface area contributed by atoms with E-state index in [4.69, 9.17) is 4.74 Å². The molecule has 1 aliphatic heterocycles. The van der Waals surface area contributed by atoms with Crippen molar-refractivity contribution >= 4 is 29.6 Å². The summed E-state index contributed by atoms with van der Waals surface area (Å²) in [6.07, 6.45) is 1.31. The second kappa shape index (κ2) is 9.16. The van der Waals surface area contributed by atoms with Gasteiger partial charge in [-0.15, -0.1) is 0 Å². The van der Waals surface area contributed by atoms with Gasteiger partial charge in [-0.3, -0.25) is 14.9 Å². The van der Waals surface area contributed by atoms with Gasteiger partial charge < -0.3 is 4.74 Å². The number of carbonyl (C=O) groups excluding carboxylic acids is 3. The quantitative estimate of drug-likeness (QED) is 0.478. The highest BCUT2D eigenvalue weighted by molar-refractivity contribution is 6.39. The molecule has 4 rings (SSSR count). The van der Waals surface area contributed by atoms with Gasteiger partial charge in [0.1, 0.15) is 23.7 Å². The lowest BCUT2D eigenvalue weighted by molar-refractivity contribution is -0.122. The normalized spacial score (nSPS) is 14.7. The van der Waals surface area contributed by atoms with Gasteiger partial charge in [-0.1, -0.05) is 42.5 Å². The van der Waals surface area contributed by atoms with Gasteiger partial charge in [-0.2, -0.15) is 5.26 Å². The third kappa shape index (κ3) is 4.48. The van der Waals surface area contributed by atoms with E-state index in [2.05, 4.69) is 11.4 Å². The van der Waals surface area contributed by atoms with Crippen molar-refractivity contribution in [2.24, 2.45) is 0 Å². The number of hydrogen-bond acceptors (Lipinski definition) is 5. The summed E-state index contributed by atoms with van der Waals surface area (Å²) >= 11 is 0. The number of hydrogen-bond donors (Lipinski definition) is 1. The number of amides is 4. The van der Waals surface area contributed by atoms with Crippen molar-refractivity contribution in [3.8, 4) is 11.8 Å². The number of benzene rings is 3. The number of carbonyl (C=O) groups is 3. The van der Waals surface area contributed by atoms with Crippen molar-refractivity contribution in [3.05, 3.63) is 101 Å². The summed E-state index contributed by atoms with van der Waals surface area (Å²) in [6, 6.07) is 19.8. The largest absolute Gasteiger partial charge is 0.488 e. The highest BCUT2D eigenvalue weighted by atomic mass is 19.1. The lowest BCUT2D eigenvalue weighted by Crippen LogP contribution is -2.54. The maximum Gasteiger partial charge on any atom is 0.335 e. The zero-order valence-corrected chi connectivity index (χ0v) is 17.1. The minimum absolute atomic E-state index is 0.00598. The highest BCUT2D eigenvalue weighted by Crippen LogP contribution is 2.26. The molecule has 8 heteroatoms. The molecule has 1 aliphatic rings. The number of rotatable bonds is 5. The summed E-state index contributed by atoms with van der Waals surface area (Å²) in [5.41, 5.74) is 1.25. The van der Waals surface area contributed by atoms with Crippen LogP contribution < -0.4 is 15.0 Å². The molecule has 162 valence electrons. The van der Waals surface area contributed by atoms with Crippen LogP contribution >= 0.6 is 0 Å². The van der Waals surface area contributed by atoms with Crippen molar-refractivity contribution in [2.45, 2.75) is 6.61 Å². The molecule has 1 heterocycles. The Kier molecular flexibility index (Phi) is 5.96. The van der Waals surface area contributed by atoms with Crippen LogP contribution in [0.3, 0.4) is 0 Å². The molecule has 0 saturated carbocycles. The molecule has 1 fully saturated rings. The summed E-state index contributed by atoms with van der Waals surface area (Å²) in [5.74, 6) is -2.03. The first-order valence-corrected chi connectivity index (χ1v) is 9.85. The van der Waals surface area contributed by atoms with Crippen LogP contribution in [-0.4, -0.2) is 17.8 Å².